The van der Waals surface area contributed by atoms with Gasteiger partial charge in [-0.1, -0.05) is 12.1 Å². The minimum atomic E-state index is -4.43. The predicted molar refractivity (Wildman–Crippen MR) is 73.1 cm³/mol. The van der Waals surface area contributed by atoms with Crippen molar-refractivity contribution in [3.8, 4) is 5.75 Å². The maximum absolute atomic E-state index is 12.9. The number of para-hydroxylation sites is 1. The summed E-state index contributed by atoms with van der Waals surface area (Å²) in [4.78, 5) is 4.18. The van der Waals surface area contributed by atoms with Crippen LogP contribution in [0.2, 0.25) is 0 Å². The highest BCUT2D eigenvalue weighted by Crippen LogP contribution is 2.36. The van der Waals surface area contributed by atoms with Crippen LogP contribution in [-0.2, 0) is 12.8 Å². The molecule has 1 aromatic carbocycles. The van der Waals surface area contributed by atoms with Crippen molar-refractivity contribution in [3.05, 3.63) is 47.5 Å². The summed E-state index contributed by atoms with van der Waals surface area (Å²) in [5.74, 6) is 0.645. The lowest BCUT2D eigenvalue weighted by atomic mass is 10.2. The summed E-state index contributed by atoms with van der Waals surface area (Å²) in [6.07, 6.45) is -2.80. The van der Waals surface area contributed by atoms with E-state index in [1.807, 2.05) is 25.3 Å². The molecular weight excluding hydrogens is 281 g/mol. The van der Waals surface area contributed by atoms with E-state index in [2.05, 4.69) is 4.98 Å². The van der Waals surface area contributed by atoms with E-state index < -0.39 is 11.7 Å². The number of imidazole rings is 1. The number of aryl methyl sites for hydroxylation is 1. The molecule has 0 spiro atoms. The van der Waals surface area contributed by atoms with Crippen LogP contribution in [0, 0.1) is 6.92 Å². The van der Waals surface area contributed by atoms with Gasteiger partial charge in [-0.15, -0.1) is 0 Å². The predicted octanol–water partition coefficient (Wildman–Crippen LogP) is 4.37. The van der Waals surface area contributed by atoms with Crippen LogP contribution in [0.15, 0.2) is 30.5 Å². The highest BCUT2D eigenvalue weighted by atomic mass is 19.4. The van der Waals surface area contributed by atoms with Crippen molar-refractivity contribution in [1.29, 1.82) is 0 Å². The number of alkyl halides is 3. The fraction of sp³-hybridized carbons (Fsp3) is 0.400. The molecule has 0 saturated heterocycles. The van der Waals surface area contributed by atoms with Crippen LogP contribution >= 0.6 is 0 Å². The summed E-state index contributed by atoms with van der Waals surface area (Å²) in [5.41, 5.74) is -0.0168. The number of ether oxygens (including phenoxy) is 1. The standard InChI is InChI=1S/C15H17F3N2O/c1-10(2)20-11(3)19-8-12(20)9-21-14-7-5-4-6-13(14)15(16,17)18/h4-8,10H,9H2,1-3H3. The van der Waals surface area contributed by atoms with Gasteiger partial charge in [0.2, 0.25) is 0 Å². The Morgan fingerprint density at radius 3 is 2.52 bits per heavy atom. The van der Waals surface area contributed by atoms with Gasteiger partial charge in [-0.2, -0.15) is 13.2 Å². The largest absolute Gasteiger partial charge is 0.487 e. The monoisotopic (exact) mass is 298 g/mol. The SMILES string of the molecule is Cc1ncc(COc2ccccc2C(F)(F)F)n1C(C)C. The number of benzene rings is 1. The van der Waals surface area contributed by atoms with Crippen molar-refractivity contribution >= 4 is 0 Å². The van der Waals surface area contributed by atoms with Crippen molar-refractivity contribution < 1.29 is 17.9 Å². The lowest BCUT2D eigenvalue weighted by Gasteiger charge is -2.16. The third-order valence-electron chi connectivity index (χ3n) is 3.14. The molecule has 0 amide bonds. The summed E-state index contributed by atoms with van der Waals surface area (Å²) in [7, 11) is 0. The van der Waals surface area contributed by atoms with Crippen molar-refractivity contribution in [2.24, 2.45) is 0 Å². The molecule has 0 atom stereocenters. The Labute approximate surface area is 121 Å². The first kappa shape index (κ1) is 15.4. The van der Waals surface area contributed by atoms with E-state index in [1.54, 1.807) is 6.20 Å². The van der Waals surface area contributed by atoms with Crippen LogP contribution in [0.5, 0.6) is 5.75 Å². The van der Waals surface area contributed by atoms with E-state index in [0.29, 0.717) is 0 Å². The molecule has 6 heteroatoms. The molecule has 1 heterocycles. The first-order valence-corrected chi connectivity index (χ1v) is 6.62. The summed E-state index contributed by atoms with van der Waals surface area (Å²) in [6.45, 7) is 5.88. The topological polar surface area (TPSA) is 27.1 Å². The molecule has 2 aromatic rings. The normalized spacial score (nSPS) is 12.0. The molecule has 21 heavy (non-hydrogen) atoms. The fourth-order valence-corrected chi connectivity index (χ4v) is 2.29. The maximum Gasteiger partial charge on any atom is 0.419 e. The third-order valence-corrected chi connectivity index (χ3v) is 3.14. The average molecular weight is 298 g/mol. The van der Waals surface area contributed by atoms with Crippen molar-refractivity contribution in [2.75, 3.05) is 0 Å². The summed E-state index contributed by atoms with van der Waals surface area (Å²) in [6, 6.07) is 5.38. The van der Waals surface area contributed by atoms with Gasteiger partial charge in [-0.05, 0) is 32.9 Å². The molecule has 0 saturated carbocycles. The highest BCUT2D eigenvalue weighted by molar-refractivity contribution is 5.35. The van der Waals surface area contributed by atoms with Gasteiger partial charge < -0.3 is 9.30 Å². The van der Waals surface area contributed by atoms with E-state index in [1.165, 1.54) is 18.2 Å². The molecule has 1 aromatic heterocycles. The number of nitrogens with zero attached hydrogens (tertiary/aromatic N) is 2. The molecule has 0 aliphatic carbocycles. The van der Waals surface area contributed by atoms with Crippen LogP contribution in [0.1, 0.15) is 37.0 Å². The number of hydrogen-bond acceptors (Lipinski definition) is 2. The Morgan fingerprint density at radius 1 is 1.24 bits per heavy atom. The van der Waals surface area contributed by atoms with Crippen molar-refractivity contribution in [1.82, 2.24) is 9.55 Å². The smallest absolute Gasteiger partial charge is 0.419 e. The number of halogens is 3. The molecule has 114 valence electrons. The Balaban J connectivity index is 2.22. The van der Waals surface area contributed by atoms with Gasteiger partial charge in [-0.25, -0.2) is 4.98 Å². The van der Waals surface area contributed by atoms with E-state index >= 15 is 0 Å². The van der Waals surface area contributed by atoms with Crippen LogP contribution in [0.3, 0.4) is 0 Å². The van der Waals surface area contributed by atoms with Crippen molar-refractivity contribution in [3.63, 3.8) is 0 Å². The zero-order valence-corrected chi connectivity index (χ0v) is 12.1. The van der Waals surface area contributed by atoms with Crippen LogP contribution in [-0.4, -0.2) is 9.55 Å². The molecular formula is C15H17F3N2O. The first-order chi connectivity index (χ1) is 9.80. The Morgan fingerprint density at radius 2 is 1.90 bits per heavy atom. The Bertz CT molecular complexity index is 618. The minimum Gasteiger partial charge on any atom is -0.487 e. The first-order valence-electron chi connectivity index (χ1n) is 6.62. The lowest BCUT2D eigenvalue weighted by Crippen LogP contribution is -2.12. The fourth-order valence-electron chi connectivity index (χ4n) is 2.29. The molecule has 0 N–H and O–H groups in total. The molecule has 0 radical (unpaired) electrons. The van der Waals surface area contributed by atoms with Crippen molar-refractivity contribution in [2.45, 2.75) is 39.6 Å². The number of aromatic nitrogens is 2. The van der Waals surface area contributed by atoms with E-state index in [-0.39, 0.29) is 18.4 Å². The van der Waals surface area contributed by atoms with Crippen LogP contribution in [0.4, 0.5) is 13.2 Å². The third kappa shape index (κ3) is 3.37. The number of hydrogen-bond donors (Lipinski definition) is 0. The van der Waals surface area contributed by atoms with E-state index in [0.717, 1.165) is 17.6 Å². The maximum atomic E-state index is 12.9. The zero-order valence-electron chi connectivity index (χ0n) is 12.1. The van der Waals surface area contributed by atoms with Gasteiger partial charge in [0.1, 0.15) is 18.2 Å². The van der Waals surface area contributed by atoms with E-state index in [4.69, 9.17) is 4.74 Å². The van der Waals surface area contributed by atoms with Gasteiger partial charge >= 0.3 is 6.18 Å². The zero-order chi connectivity index (χ0) is 15.6. The Hall–Kier alpha value is -1.98. The second-order valence-electron chi connectivity index (χ2n) is 5.04. The van der Waals surface area contributed by atoms with Gasteiger partial charge in [0.25, 0.3) is 0 Å². The summed E-state index contributed by atoms with van der Waals surface area (Å²) >= 11 is 0. The molecule has 0 unspecified atom stereocenters. The summed E-state index contributed by atoms with van der Waals surface area (Å²) < 4.78 is 46.0. The molecule has 2 rings (SSSR count). The lowest BCUT2D eigenvalue weighted by molar-refractivity contribution is -0.139. The molecule has 0 aliphatic heterocycles. The molecule has 0 bridgehead atoms. The van der Waals surface area contributed by atoms with Gasteiger partial charge in [-0.3, -0.25) is 0 Å². The van der Waals surface area contributed by atoms with Crippen LogP contribution < -0.4 is 4.74 Å². The minimum absolute atomic E-state index is 0.0477. The summed E-state index contributed by atoms with van der Waals surface area (Å²) in [5, 5.41) is 0. The van der Waals surface area contributed by atoms with Gasteiger partial charge in [0.05, 0.1) is 17.5 Å². The van der Waals surface area contributed by atoms with Gasteiger partial charge in [0, 0.05) is 6.04 Å². The van der Waals surface area contributed by atoms with E-state index in [9.17, 15) is 13.2 Å². The highest BCUT2D eigenvalue weighted by Gasteiger charge is 2.34. The average Bonchev–Trinajstić information content (AvgIpc) is 2.77. The quantitative estimate of drug-likeness (QED) is 0.838. The van der Waals surface area contributed by atoms with Gasteiger partial charge in [0.15, 0.2) is 0 Å². The molecule has 3 nitrogen and oxygen atoms in total. The Kier molecular flexibility index (Phi) is 4.25. The van der Waals surface area contributed by atoms with Crippen LogP contribution in [0.25, 0.3) is 0 Å². The molecule has 0 fully saturated rings. The second kappa shape index (κ2) is 5.79. The number of rotatable bonds is 4. The molecule has 0 aliphatic rings. The second-order valence-corrected chi connectivity index (χ2v) is 5.04.